The number of halogens is 4. The largest absolute Gasteiger partial charge is 0.417 e. The number of benzene rings is 1. The molecule has 1 aliphatic rings. The summed E-state index contributed by atoms with van der Waals surface area (Å²) in [6, 6.07) is 2.64. The maximum absolute atomic E-state index is 13.1. The van der Waals surface area contributed by atoms with Crippen LogP contribution in [-0.4, -0.2) is 33.4 Å². The molecular weight excluding hydrogens is 409 g/mol. The van der Waals surface area contributed by atoms with E-state index in [2.05, 4.69) is 9.97 Å². The minimum Gasteiger partial charge on any atom is -0.399 e. The molecule has 29 heavy (non-hydrogen) atoms. The highest BCUT2D eigenvalue weighted by Gasteiger charge is 2.37. The summed E-state index contributed by atoms with van der Waals surface area (Å²) in [6.45, 7) is 1.87. The molecule has 1 aliphatic heterocycles. The molecule has 0 radical (unpaired) electrons. The van der Waals surface area contributed by atoms with Crippen LogP contribution in [0.4, 0.5) is 18.9 Å². The maximum atomic E-state index is 13.1. The third-order valence-electron chi connectivity index (χ3n) is 4.75. The first kappa shape index (κ1) is 20.9. The number of aromatic nitrogens is 2. The van der Waals surface area contributed by atoms with Crippen LogP contribution in [0.2, 0.25) is 5.02 Å². The zero-order valence-corrected chi connectivity index (χ0v) is 16.1. The van der Waals surface area contributed by atoms with Crippen molar-refractivity contribution in [2.75, 3.05) is 11.6 Å². The molecule has 3 rings (SSSR count). The lowest BCUT2D eigenvalue weighted by atomic mass is 10.0. The van der Waals surface area contributed by atoms with E-state index in [-0.39, 0.29) is 12.1 Å². The Morgan fingerprint density at radius 2 is 1.97 bits per heavy atom. The van der Waals surface area contributed by atoms with E-state index >= 15 is 0 Å². The molecular formula is C18H18ClF3N6O. The summed E-state index contributed by atoms with van der Waals surface area (Å²) >= 11 is 5.90. The summed E-state index contributed by atoms with van der Waals surface area (Å²) in [5.74, 6) is 5.48. The number of hydrazine groups is 1. The Balaban J connectivity index is 1.90. The predicted octanol–water partition coefficient (Wildman–Crippen LogP) is 2.93. The van der Waals surface area contributed by atoms with Crippen LogP contribution in [0, 0.1) is 0 Å². The van der Waals surface area contributed by atoms with Gasteiger partial charge in [0.15, 0.2) is 0 Å². The third kappa shape index (κ3) is 3.99. The van der Waals surface area contributed by atoms with Gasteiger partial charge in [0.1, 0.15) is 6.33 Å². The van der Waals surface area contributed by atoms with E-state index < -0.39 is 28.7 Å². The minimum atomic E-state index is -4.66. The lowest BCUT2D eigenvalue weighted by Crippen LogP contribution is -2.49. The fraction of sp³-hybridized carbons (Fsp3) is 0.278. The Morgan fingerprint density at radius 3 is 2.59 bits per heavy atom. The van der Waals surface area contributed by atoms with Gasteiger partial charge in [-0.15, -0.1) is 0 Å². The Labute approximate surface area is 169 Å². The Morgan fingerprint density at radius 1 is 1.31 bits per heavy atom. The number of carbonyl (C=O) groups excluding carboxylic acids is 1. The molecule has 4 N–H and O–H groups in total. The van der Waals surface area contributed by atoms with Crippen molar-refractivity contribution in [2.45, 2.75) is 25.6 Å². The van der Waals surface area contributed by atoms with Gasteiger partial charge in [-0.1, -0.05) is 17.7 Å². The fourth-order valence-corrected chi connectivity index (χ4v) is 3.47. The van der Waals surface area contributed by atoms with Crippen LogP contribution in [0.5, 0.6) is 0 Å². The molecule has 1 aromatic carbocycles. The minimum absolute atomic E-state index is 0.198. The molecule has 2 heterocycles. The number of nitrogens with two attached hydrogens (primary N) is 2. The van der Waals surface area contributed by atoms with E-state index in [4.69, 9.17) is 23.2 Å². The van der Waals surface area contributed by atoms with E-state index in [9.17, 15) is 18.0 Å². The summed E-state index contributed by atoms with van der Waals surface area (Å²) in [5, 5.41) is 0.706. The molecule has 1 amide bonds. The van der Waals surface area contributed by atoms with Crippen molar-refractivity contribution < 1.29 is 18.0 Å². The molecule has 0 spiro atoms. The number of amides is 1. The predicted molar refractivity (Wildman–Crippen MR) is 101 cm³/mol. The van der Waals surface area contributed by atoms with Gasteiger partial charge in [0.05, 0.1) is 51.7 Å². The van der Waals surface area contributed by atoms with Crippen LogP contribution in [-0.2, 0) is 6.18 Å². The zero-order valence-electron chi connectivity index (χ0n) is 15.3. The van der Waals surface area contributed by atoms with Crippen molar-refractivity contribution >= 4 is 23.2 Å². The molecule has 11 heteroatoms. The quantitative estimate of drug-likeness (QED) is 0.578. The summed E-state index contributed by atoms with van der Waals surface area (Å²) in [5.41, 5.74) is 6.33. The average Bonchev–Trinajstić information content (AvgIpc) is 2.69. The van der Waals surface area contributed by atoms with Gasteiger partial charge < -0.3 is 10.6 Å². The number of hydrogen-bond acceptors (Lipinski definition) is 6. The normalized spacial score (nSPS) is 17.4. The molecule has 7 nitrogen and oxygen atoms in total. The van der Waals surface area contributed by atoms with Gasteiger partial charge in [-0.25, -0.2) is 15.8 Å². The topological polar surface area (TPSA) is 101 Å². The molecule has 0 saturated heterocycles. The van der Waals surface area contributed by atoms with Gasteiger partial charge >= 0.3 is 6.18 Å². The SMILES string of the molecule is CC1C(N)=C(N(N)c2cncnc2)CCN1C(=O)c1cccc(C(F)(F)F)c1Cl. The van der Waals surface area contributed by atoms with Crippen LogP contribution in [0.1, 0.15) is 29.3 Å². The first-order valence-electron chi connectivity index (χ1n) is 8.58. The molecule has 154 valence electrons. The van der Waals surface area contributed by atoms with Crippen molar-refractivity contribution in [3.8, 4) is 0 Å². The van der Waals surface area contributed by atoms with Crippen molar-refractivity contribution in [1.29, 1.82) is 0 Å². The van der Waals surface area contributed by atoms with E-state index in [1.165, 1.54) is 34.7 Å². The number of carbonyl (C=O) groups is 1. The van der Waals surface area contributed by atoms with Gasteiger partial charge in [-0.05, 0) is 19.1 Å². The van der Waals surface area contributed by atoms with E-state index in [0.29, 0.717) is 23.5 Å². The third-order valence-corrected chi connectivity index (χ3v) is 5.16. The monoisotopic (exact) mass is 426 g/mol. The van der Waals surface area contributed by atoms with Gasteiger partial charge in [0.2, 0.25) is 0 Å². The molecule has 0 saturated carbocycles. The molecule has 1 atom stereocenters. The zero-order chi connectivity index (χ0) is 21.3. The number of anilines is 1. The van der Waals surface area contributed by atoms with Crippen molar-refractivity contribution in [1.82, 2.24) is 14.9 Å². The van der Waals surface area contributed by atoms with Gasteiger partial charge in [0, 0.05) is 13.0 Å². The molecule has 0 aliphatic carbocycles. The van der Waals surface area contributed by atoms with Crippen LogP contribution in [0.3, 0.4) is 0 Å². The van der Waals surface area contributed by atoms with Crippen molar-refractivity contribution in [3.63, 3.8) is 0 Å². The number of hydrogen-bond donors (Lipinski definition) is 2. The van der Waals surface area contributed by atoms with E-state index in [1.54, 1.807) is 6.92 Å². The van der Waals surface area contributed by atoms with Crippen molar-refractivity contribution in [3.05, 3.63) is 64.5 Å². The van der Waals surface area contributed by atoms with E-state index in [1.807, 2.05) is 0 Å². The standard InChI is InChI=1S/C18H18ClF3N6O/c1-10-16(23)14(28(24)11-7-25-9-26-8-11)5-6-27(10)17(29)12-3-2-4-13(15(12)19)18(20,21)22/h2-4,7-10H,5-6,23-24H2,1H3. The summed E-state index contributed by atoms with van der Waals surface area (Å²) < 4.78 is 39.3. The van der Waals surface area contributed by atoms with E-state index in [0.717, 1.165) is 12.1 Å². The van der Waals surface area contributed by atoms with Gasteiger partial charge in [-0.2, -0.15) is 13.2 Å². The second-order valence-corrected chi connectivity index (χ2v) is 6.84. The Bertz CT molecular complexity index is 950. The van der Waals surface area contributed by atoms with Crippen molar-refractivity contribution in [2.24, 2.45) is 11.6 Å². The first-order chi connectivity index (χ1) is 13.6. The van der Waals surface area contributed by atoms with Crippen LogP contribution < -0.4 is 16.6 Å². The molecule has 1 aromatic heterocycles. The number of alkyl halides is 3. The first-order valence-corrected chi connectivity index (χ1v) is 8.95. The second-order valence-electron chi connectivity index (χ2n) is 6.46. The summed E-state index contributed by atoms with van der Waals surface area (Å²) in [7, 11) is 0. The van der Waals surface area contributed by atoms with Crippen LogP contribution in [0.25, 0.3) is 0 Å². The lowest BCUT2D eigenvalue weighted by Gasteiger charge is -2.38. The average molecular weight is 427 g/mol. The Kier molecular flexibility index (Phi) is 5.67. The number of nitrogens with zero attached hydrogens (tertiary/aromatic N) is 4. The number of rotatable bonds is 3. The van der Waals surface area contributed by atoms with Crippen LogP contribution in [0.15, 0.2) is 48.3 Å². The molecule has 1 unspecified atom stereocenters. The molecule has 0 fully saturated rings. The van der Waals surface area contributed by atoms with Gasteiger partial charge in [-0.3, -0.25) is 9.80 Å². The van der Waals surface area contributed by atoms with Gasteiger partial charge in [0.25, 0.3) is 5.91 Å². The highest BCUT2D eigenvalue weighted by atomic mass is 35.5. The molecule has 0 bridgehead atoms. The molecule has 2 aromatic rings. The fourth-order valence-electron chi connectivity index (χ4n) is 3.15. The second kappa shape index (κ2) is 7.88. The Hall–Kier alpha value is -2.85. The highest BCUT2D eigenvalue weighted by Crippen LogP contribution is 2.37. The lowest BCUT2D eigenvalue weighted by molar-refractivity contribution is -0.137. The smallest absolute Gasteiger partial charge is 0.399 e. The van der Waals surface area contributed by atoms with Crippen LogP contribution >= 0.6 is 11.6 Å². The maximum Gasteiger partial charge on any atom is 0.417 e. The summed E-state index contributed by atoms with van der Waals surface area (Å²) in [6.07, 6.45) is 0.0161. The highest BCUT2D eigenvalue weighted by molar-refractivity contribution is 6.34. The summed E-state index contributed by atoms with van der Waals surface area (Å²) in [4.78, 5) is 22.1.